The second kappa shape index (κ2) is 7.12. The molecular weight excluding hydrogens is 272 g/mol. The van der Waals surface area contributed by atoms with Crippen molar-refractivity contribution < 1.29 is 4.79 Å². The summed E-state index contributed by atoms with van der Waals surface area (Å²) in [4.78, 5) is 12.2. The molecule has 3 heteroatoms. The number of benzene rings is 2. The highest BCUT2D eigenvalue weighted by atomic mass is 16.1. The topological polar surface area (TPSA) is 55.1 Å². The minimum atomic E-state index is -0.229. The maximum Gasteiger partial charge on any atom is 0.224 e. The first kappa shape index (κ1) is 16.1. The lowest BCUT2D eigenvalue weighted by atomic mass is 9.95. The van der Waals surface area contributed by atoms with Crippen LogP contribution in [0.15, 0.2) is 54.6 Å². The standard InChI is InChI=1S/C19H24N2O/c1-19(2,12-11-15-7-4-3-5-8-15)21-18(22)14-16-9-6-10-17(20)13-16/h3-10,13H,11-12,14,20H2,1-2H3,(H,21,22). The maximum atomic E-state index is 12.2. The van der Waals surface area contributed by atoms with E-state index in [1.165, 1.54) is 5.56 Å². The fraction of sp³-hybridized carbons (Fsp3) is 0.316. The maximum absolute atomic E-state index is 12.2. The molecular formula is C19H24N2O. The van der Waals surface area contributed by atoms with Gasteiger partial charge in [-0.1, -0.05) is 42.5 Å². The molecule has 22 heavy (non-hydrogen) atoms. The lowest BCUT2D eigenvalue weighted by molar-refractivity contribution is -0.122. The van der Waals surface area contributed by atoms with E-state index in [4.69, 9.17) is 5.73 Å². The van der Waals surface area contributed by atoms with Gasteiger partial charge in [-0.05, 0) is 49.9 Å². The zero-order chi connectivity index (χ0) is 16.0. The van der Waals surface area contributed by atoms with Gasteiger partial charge in [0.25, 0.3) is 0 Å². The second-order valence-corrected chi connectivity index (χ2v) is 6.34. The Balaban J connectivity index is 1.86. The van der Waals surface area contributed by atoms with E-state index in [2.05, 4.69) is 31.3 Å². The summed E-state index contributed by atoms with van der Waals surface area (Å²) in [6.07, 6.45) is 2.21. The first-order valence-electron chi connectivity index (χ1n) is 7.64. The number of nitrogen functional groups attached to an aromatic ring is 1. The van der Waals surface area contributed by atoms with Crippen molar-refractivity contribution in [3.05, 3.63) is 65.7 Å². The third-order valence-corrected chi connectivity index (χ3v) is 3.68. The molecule has 0 fully saturated rings. The van der Waals surface area contributed by atoms with E-state index in [-0.39, 0.29) is 11.4 Å². The molecule has 0 aliphatic carbocycles. The van der Waals surface area contributed by atoms with Crippen molar-refractivity contribution in [1.82, 2.24) is 5.32 Å². The molecule has 0 heterocycles. The number of anilines is 1. The Morgan fingerprint density at radius 1 is 1.05 bits per heavy atom. The summed E-state index contributed by atoms with van der Waals surface area (Å²) in [5.41, 5.74) is 8.43. The molecule has 0 saturated heterocycles. The predicted octanol–water partition coefficient (Wildman–Crippen LogP) is 3.34. The zero-order valence-corrected chi connectivity index (χ0v) is 13.3. The highest BCUT2D eigenvalue weighted by molar-refractivity contribution is 5.79. The minimum Gasteiger partial charge on any atom is -0.399 e. The van der Waals surface area contributed by atoms with Crippen LogP contribution in [-0.2, 0) is 17.6 Å². The van der Waals surface area contributed by atoms with E-state index < -0.39 is 0 Å². The molecule has 0 radical (unpaired) electrons. The normalized spacial score (nSPS) is 11.2. The number of carbonyl (C=O) groups is 1. The summed E-state index contributed by atoms with van der Waals surface area (Å²) in [6, 6.07) is 17.8. The van der Waals surface area contributed by atoms with E-state index >= 15 is 0 Å². The number of nitrogens with one attached hydrogen (secondary N) is 1. The summed E-state index contributed by atoms with van der Waals surface area (Å²) in [6.45, 7) is 4.13. The van der Waals surface area contributed by atoms with Gasteiger partial charge in [-0.15, -0.1) is 0 Å². The van der Waals surface area contributed by atoms with Gasteiger partial charge in [0.15, 0.2) is 0 Å². The van der Waals surface area contributed by atoms with E-state index in [1.807, 2.05) is 42.5 Å². The largest absolute Gasteiger partial charge is 0.399 e. The highest BCUT2D eigenvalue weighted by Crippen LogP contribution is 2.14. The van der Waals surface area contributed by atoms with Gasteiger partial charge in [0.1, 0.15) is 0 Å². The molecule has 0 aliphatic rings. The molecule has 2 rings (SSSR count). The number of carbonyl (C=O) groups excluding carboxylic acids is 1. The first-order valence-corrected chi connectivity index (χ1v) is 7.64. The van der Waals surface area contributed by atoms with Crippen molar-refractivity contribution in [2.24, 2.45) is 0 Å². The lowest BCUT2D eigenvalue weighted by Gasteiger charge is -2.26. The number of hydrogen-bond acceptors (Lipinski definition) is 2. The van der Waals surface area contributed by atoms with Gasteiger partial charge < -0.3 is 11.1 Å². The third kappa shape index (κ3) is 5.24. The van der Waals surface area contributed by atoms with Crippen LogP contribution >= 0.6 is 0 Å². The van der Waals surface area contributed by atoms with Crippen molar-refractivity contribution in [1.29, 1.82) is 0 Å². The van der Waals surface area contributed by atoms with Crippen LogP contribution in [0.1, 0.15) is 31.4 Å². The van der Waals surface area contributed by atoms with Gasteiger partial charge in [-0.2, -0.15) is 0 Å². The molecule has 116 valence electrons. The third-order valence-electron chi connectivity index (χ3n) is 3.68. The monoisotopic (exact) mass is 296 g/mol. The van der Waals surface area contributed by atoms with Crippen LogP contribution in [-0.4, -0.2) is 11.4 Å². The predicted molar refractivity (Wildman–Crippen MR) is 91.5 cm³/mol. The Labute approximate surface area is 132 Å². The van der Waals surface area contributed by atoms with Crippen molar-refractivity contribution in [3.63, 3.8) is 0 Å². The smallest absolute Gasteiger partial charge is 0.224 e. The number of aryl methyl sites for hydroxylation is 1. The summed E-state index contributed by atoms with van der Waals surface area (Å²) in [5, 5.41) is 3.11. The SMILES string of the molecule is CC(C)(CCc1ccccc1)NC(=O)Cc1cccc(N)c1. The van der Waals surface area contributed by atoms with Crippen molar-refractivity contribution >= 4 is 11.6 Å². The number of rotatable bonds is 6. The number of amides is 1. The molecule has 0 aromatic heterocycles. The molecule has 0 atom stereocenters. The van der Waals surface area contributed by atoms with Gasteiger partial charge in [0.2, 0.25) is 5.91 Å². The zero-order valence-electron chi connectivity index (χ0n) is 13.3. The Kier molecular flexibility index (Phi) is 5.21. The molecule has 2 aromatic rings. The molecule has 0 spiro atoms. The van der Waals surface area contributed by atoms with Gasteiger partial charge in [0.05, 0.1) is 6.42 Å². The van der Waals surface area contributed by atoms with E-state index in [1.54, 1.807) is 0 Å². The van der Waals surface area contributed by atoms with Gasteiger partial charge in [-0.3, -0.25) is 4.79 Å². The van der Waals surface area contributed by atoms with Gasteiger partial charge in [-0.25, -0.2) is 0 Å². The lowest BCUT2D eigenvalue weighted by Crippen LogP contribution is -2.44. The Bertz CT molecular complexity index is 620. The Morgan fingerprint density at radius 2 is 1.73 bits per heavy atom. The quantitative estimate of drug-likeness (QED) is 0.803. The van der Waals surface area contributed by atoms with E-state index in [9.17, 15) is 4.79 Å². The summed E-state index contributed by atoms with van der Waals surface area (Å²) < 4.78 is 0. The first-order chi connectivity index (χ1) is 10.4. The Hall–Kier alpha value is -2.29. The average Bonchev–Trinajstić information content (AvgIpc) is 2.46. The fourth-order valence-corrected chi connectivity index (χ4v) is 2.47. The summed E-state index contributed by atoms with van der Waals surface area (Å²) in [5.74, 6) is 0.0312. The summed E-state index contributed by atoms with van der Waals surface area (Å²) in [7, 11) is 0. The van der Waals surface area contributed by atoms with Crippen LogP contribution in [0.25, 0.3) is 0 Å². The molecule has 2 aromatic carbocycles. The molecule has 3 N–H and O–H groups in total. The van der Waals surface area contributed by atoms with Gasteiger partial charge in [0, 0.05) is 11.2 Å². The van der Waals surface area contributed by atoms with E-state index in [0.29, 0.717) is 12.1 Å². The van der Waals surface area contributed by atoms with Crippen LogP contribution in [0.3, 0.4) is 0 Å². The fourth-order valence-electron chi connectivity index (χ4n) is 2.47. The molecule has 0 unspecified atom stereocenters. The van der Waals surface area contributed by atoms with Gasteiger partial charge >= 0.3 is 0 Å². The molecule has 0 bridgehead atoms. The molecule has 3 nitrogen and oxygen atoms in total. The number of nitrogens with two attached hydrogens (primary N) is 1. The van der Waals surface area contributed by atoms with Crippen LogP contribution in [0.5, 0.6) is 0 Å². The molecule has 1 amide bonds. The minimum absolute atomic E-state index is 0.0312. The van der Waals surface area contributed by atoms with E-state index in [0.717, 1.165) is 18.4 Å². The average molecular weight is 296 g/mol. The van der Waals surface area contributed by atoms with Crippen molar-refractivity contribution in [3.8, 4) is 0 Å². The van der Waals surface area contributed by atoms with Crippen LogP contribution in [0.2, 0.25) is 0 Å². The summed E-state index contributed by atoms with van der Waals surface area (Å²) >= 11 is 0. The highest BCUT2D eigenvalue weighted by Gasteiger charge is 2.20. The Morgan fingerprint density at radius 3 is 2.41 bits per heavy atom. The second-order valence-electron chi connectivity index (χ2n) is 6.34. The number of hydrogen-bond donors (Lipinski definition) is 2. The van der Waals surface area contributed by atoms with Crippen molar-refractivity contribution in [2.45, 2.75) is 38.6 Å². The molecule has 0 aliphatic heterocycles. The molecule has 0 saturated carbocycles. The van der Waals surface area contributed by atoms with Crippen molar-refractivity contribution in [2.75, 3.05) is 5.73 Å². The van der Waals surface area contributed by atoms with Crippen LogP contribution in [0, 0.1) is 0 Å². The van der Waals surface area contributed by atoms with Crippen LogP contribution in [0.4, 0.5) is 5.69 Å². The van der Waals surface area contributed by atoms with Crippen LogP contribution < -0.4 is 11.1 Å².